The third-order valence-electron chi connectivity index (χ3n) is 4.98. The van der Waals surface area contributed by atoms with E-state index in [-0.39, 0.29) is 17.7 Å². The normalized spacial score (nSPS) is 21.9. The van der Waals surface area contributed by atoms with Gasteiger partial charge in [0.15, 0.2) is 0 Å². The third-order valence-corrected chi connectivity index (χ3v) is 5.47. The summed E-state index contributed by atoms with van der Waals surface area (Å²) in [6, 6.07) is 8.13. The Morgan fingerprint density at radius 1 is 1.35 bits per heavy atom. The van der Waals surface area contributed by atoms with E-state index in [0.29, 0.717) is 25.6 Å². The number of likely N-dealkylation sites (tertiary alicyclic amines) is 1. The molecule has 1 aromatic carbocycles. The second kappa shape index (κ2) is 7.04. The molecule has 2 aliphatic rings. The van der Waals surface area contributed by atoms with Crippen LogP contribution >= 0.6 is 15.9 Å². The molecule has 0 radical (unpaired) electrons. The van der Waals surface area contributed by atoms with Gasteiger partial charge in [-0.3, -0.25) is 9.59 Å². The maximum absolute atomic E-state index is 12.9. The van der Waals surface area contributed by atoms with E-state index < -0.39 is 0 Å². The second-order valence-corrected chi connectivity index (χ2v) is 7.36. The minimum Gasteiger partial charge on any atom is -0.339 e. The molecule has 1 saturated carbocycles. The first-order valence-electron chi connectivity index (χ1n) is 8.46. The van der Waals surface area contributed by atoms with Crippen molar-refractivity contribution in [1.29, 1.82) is 0 Å². The van der Waals surface area contributed by atoms with Crippen LogP contribution in [0.25, 0.3) is 0 Å². The molecule has 1 aliphatic carbocycles. The van der Waals surface area contributed by atoms with Crippen molar-refractivity contribution >= 4 is 33.4 Å². The van der Waals surface area contributed by atoms with E-state index in [1.807, 2.05) is 36.1 Å². The fraction of sp³-hybridized carbons (Fsp3) is 0.556. The summed E-state index contributed by atoms with van der Waals surface area (Å²) < 4.78 is 0.955. The summed E-state index contributed by atoms with van der Waals surface area (Å²) in [7, 11) is 0. The molecule has 124 valence electrons. The summed E-state index contributed by atoms with van der Waals surface area (Å²) in [5.74, 6) is 0.0158. The predicted octanol–water partition coefficient (Wildman–Crippen LogP) is 3.59. The van der Waals surface area contributed by atoms with Crippen molar-refractivity contribution in [1.82, 2.24) is 4.90 Å². The summed E-state index contributed by atoms with van der Waals surface area (Å²) in [5, 5.41) is 0. The number of halogens is 1. The Hall–Kier alpha value is -1.36. The van der Waals surface area contributed by atoms with Crippen molar-refractivity contribution in [3.05, 3.63) is 28.7 Å². The lowest BCUT2D eigenvalue weighted by atomic mass is 10.1. The minimum absolute atomic E-state index is 0.0689. The van der Waals surface area contributed by atoms with Gasteiger partial charge < -0.3 is 9.80 Å². The van der Waals surface area contributed by atoms with Crippen LogP contribution in [0, 0.1) is 5.92 Å². The van der Waals surface area contributed by atoms with E-state index in [0.717, 1.165) is 23.0 Å². The lowest BCUT2D eigenvalue weighted by Crippen LogP contribution is -2.39. The fourth-order valence-corrected chi connectivity index (χ4v) is 4.18. The Morgan fingerprint density at radius 2 is 2.09 bits per heavy atom. The number of carbonyl (C=O) groups is 2. The van der Waals surface area contributed by atoms with Crippen LogP contribution in [0.15, 0.2) is 28.7 Å². The molecule has 0 N–H and O–H groups in total. The van der Waals surface area contributed by atoms with E-state index >= 15 is 0 Å². The molecule has 3 rings (SSSR count). The van der Waals surface area contributed by atoms with E-state index in [1.165, 1.54) is 12.8 Å². The third kappa shape index (κ3) is 3.44. The lowest BCUT2D eigenvalue weighted by Gasteiger charge is -2.26. The maximum atomic E-state index is 12.9. The van der Waals surface area contributed by atoms with Crippen LogP contribution in [0.2, 0.25) is 0 Å². The van der Waals surface area contributed by atoms with Crippen LogP contribution in [0.3, 0.4) is 0 Å². The van der Waals surface area contributed by atoms with Gasteiger partial charge in [-0.15, -0.1) is 0 Å². The molecule has 5 heteroatoms. The van der Waals surface area contributed by atoms with Crippen molar-refractivity contribution in [2.24, 2.45) is 5.92 Å². The average molecular weight is 379 g/mol. The number of hydrogen-bond donors (Lipinski definition) is 0. The van der Waals surface area contributed by atoms with Crippen LogP contribution < -0.4 is 4.90 Å². The zero-order valence-corrected chi connectivity index (χ0v) is 15.1. The second-order valence-electron chi connectivity index (χ2n) is 6.45. The number of amides is 2. The molecule has 1 saturated heterocycles. The molecule has 1 aliphatic heterocycles. The molecule has 4 nitrogen and oxygen atoms in total. The number of anilines is 1. The summed E-state index contributed by atoms with van der Waals surface area (Å²) in [6.07, 6.45) is 4.95. The van der Waals surface area contributed by atoms with Crippen LogP contribution in [-0.4, -0.2) is 35.8 Å². The Labute approximate surface area is 146 Å². The van der Waals surface area contributed by atoms with E-state index in [1.54, 1.807) is 4.90 Å². The van der Waals surface area contributed by atoms with Gasteiger partial charge in [0.25, 0.3) is 0 Å². The summed E-state index contributed by atoms with van der Waals surface area (Å²) in [6.45, 7) is 3.18. The molecule has 0 spiro atoms. The van der Waals surface area contributed by atoms with Gasteiger partial charge in [0, 0.05) is 35.7 Å². The standard InChI is InChI=1S/C18H23BrN2O2/c1-2-20(16-9-5-6-14(19)11-16)18(23)13-10-17(22)21(12-13)15-7-3-4-8-15/h5-6,9,11,13,15H,2-4,7-8,10,12H2,1H3/t13-/m0/s1. The first-order valence-corrected chi connectivity index (χ1v) is 9.26. The molecule has 0 unspecified atom stereocenters. The van der Waals surface area contributed by atoms with Gasteiger partial charge in [-0.1, -0.05) is 34.8 Å². The molecule has 1 atom stereocenters. The van der Waals surface area contributed by atoms with Crippen molar-refractivity contribution in [2.75, 3.05) is 18.0 Å². The molecule has 2 fully saturated rings. The van der Waals surface area contributed by atoms with Crippen molar-refractivity contribution in [3.63, 3.8) is 0 Å². The highest BCUT2D eigenvalue weighted by atomic mass is 79.9. The molecule has 0 bridgehead atoms. The van der Waals surface area contributed by atoms with Gasteiger partial charge in [-0.25, -0.2) is 0 Å². The topological polar surface area (TPSA) is 40.6 Å². The van der Waals surface area contributed by atoms with Crippen molar-refractivity contribution < 1.29 is 9.59 Å². The Morgan fingerprint density at radius 3 is 2.74 bits per heavy atom. The monoisotopic (exact) mass is 378 g/mol. The molecule has 1 aromatic rings. The highest BCUT2D eigenvalue weighted by molar-refractivity contribution is 9.10. The average Bonchev–Trinajstić information content (AvgIpc) is 3.17. The van der Waals surface area contributed by atoms with Gasteiger partial charge >= 0.3 is 0 Å². The van der Waals surface area contributed by atoms with Gasteiger partial charge in [0.1, 0.15) is 0 Å². The van der Waals surface area contributed by atoms with Crippen LogP contribution in [0.5, 0.6) is 0 Å². The number of nitrogens with zero attached hydrogens (tertiary/aromatic N) is 2. The Kier molecular flexibility index (Phi) is 5.05. The molecule has 0 aromatic heterocycles. The van der Waals surface area contributed by atoms with Gasteiger partial charge in [0.05, 0.1) is 5.92 Å². The first kappa shape index (κ1) is 16.5. The van der Waals surface area contributed by atoms with E-state index in [2.05, 4.69) is 15.9 Å². The largest absolute Gasteiger partial charge is 0.339 e. The molecule has 23 heavy (non-hydrogen) atoms. The predicted molar refractivity (Wildman–Crippen MR) is 94.2 cm³/mol. The van der Waals surface area contributed by atoms with Gasteiger partial charge in [0.2, 0.25) is 11.8 Å². The van der Waals surface area contributed by atoms with Crippen LogP contribution in [-0.2, 0) is 9.59 Å². The van der Waals surface area contributed by atoms with Crippen LogP contribution in [0.4, 0.5) is 5.69 Å². The zero-order chi connectivity index (χ0) is 16.4. The molecule has 2 amide bonds. The van der Waals surface area contributed by atoms with Gasteiger partial charge in [-0.2, -0.15) is 0 Å². The smallest absolute Gasteiger partial charge is 0.232 e. The summed E-state index contributed by atoms with van der Waals surface area (Å²) in [4.78, 5) is 29.0. The van der Waals surface area contributed by atoms with E-state index in [4.69, 9.17) is 0 Å². The number of benzene rings is 1. The minimum atomic E-state index is -0.206. The lowest BCUT2D eigenvalue weighted by molar-refractivity contribution is -0.130. The highest BCUT2D eigenvalue weighted by Crippen LogP contribution is 2.31. The zero-order valence-electron chi connectivity index (χ0n) is 13.5. The summed E-state index contributed by atoms with van der Waals surface area (Å²) >= 11 is 3.46. The summed E-state index contributed by atoms with van der Waals surface area (Å²) in [5.41, 5.74) is 0.888. The highest BCUT2D eigenvalue weighted by Gasteiger charge is 2.40. The van der Waals surface area contributed by atoms with Crippen molar-refractivity contribution in [2.45, 2.75) is 45.1 Å². The molecule has 1 heterocycles. The molecular weight excluding hydrogens is 356 g/mol. The van der Waals surface area contributed by atoms with Crippen molar-refractivity contribution in [3.8, 4) is 0 Å². The van der Waals surface area contributed by atoms with E-state index in [9.17, 15) is 9.59 Å². The maximum Gasteiger partial charge on any atom is 0.232 e. The Bertz CT molecular complexity index is 598. The SMILES string of the molecule is CCN(C(=O)[C@H]1CC(=O)N(C2CCCC2)C1)c1cccc(Br)c1. The number of hydrogen-bond acceptors (Lipinski definition) is 2. The van der Waals surface area contributed by atoms with Crippen LogP contribution in [0.1, 0.15) is 39.0 Å². The molecular formula is C18H23BrN2O2. The number of carbonyl (C=O) groups excluding carboxylic acids is 2. The quantitative estimate of drug-likeness (QED) is 0.802. The number of rotatable bonds is 4. The van der Waals surface area contributed by atoms with Gasteiger partial charge in [-0.05, 0) is 38.0 Å². The first-order chi connectivity index (χ1) is 11.1. The fourth-order valence-electron chi connectivity index (χ4n) is 3.80. The Balaban J connectivity index is 1.73.